The maximum atomic E-state index is 6.85. The van der Waals surface area contributed by atoms with Crippen molar-refractivity contribution in [1.29, 1.82) is 0 Å². The van der Waals surface area contributed by atoms with Crippen molar-refractivity contribution in [2.75, 3.05) is 0 Å². The zero-order valence-corrected chi connectivity index (χ0v) is 24.3. The maximum absolute atomic E-state index is 6.85. The first kappa shape index (κ1) is 26.3. The Hall–Kier alpha value is -0.360. The van der Waals surface area contributed by atoms with E-state index in [4.69, 9.17) is 43.2 Å². The van der Waals surface area contributed by atoms with Gasteiger partial charge in [0.2, 0.25) is 11.6 Å². The van der Waals surface area contributed by atoms with Crippen molar-refractivity contribution in [2.45, 2.75) is 141 Å². The monoisotopic (exact) mass is 550 g/mol. The van der Waals surface area contributed by atoms with Gasteiger partial charge in [0.05, 0.1) is 0 Å². The minimum Gasteiger partial charge on any atom is -0.323 e. The molecule has 10 aliphatic rings. The molecule has 8 saturated heterocycles. The van der Waals surface area contributed by atoms with Gasteiger partial charge in [-0.25, -0.2) is 19.6 Å². The van der Waals surface area contributed by atoms with Crippen LogP contribution in [0.4, 0.5) is 0 Å². The zero-order chi connectivity index (χ0) is 26.9. The molecule has 2 saturated carbocycles. The largest absolute Gasteiger partial charge is 0.323 e. The average Bonchev–Trinajstić information content (AvgIpc) is 3.27. The summed E-state index contributed by atoms with van der Waals surface area (Å²) in [6, 6.07) is 0. The maximum Gasteiger partial charge on any atom is 0.201 e. The summed E-state index contributed by atoms with van der Waals surface area (Å²) < 4.78 is 33.4. The van der Waals surface area contributed by atoms with Crippen LogP contribution in [0.5, 0.6) is 0 Å². The molecule has 2 unspecified atom stereocenters. The van der Waals surface area contributed by atoms with Gasteiger partial charge in [0.1, 0.15) is 0 Å². The first-order chi connectivity index (χ1) is 18.6. The molecule has 8 aliphatic heterocycles. The van der Waals surface area contributed by atoms with Crippen LogP contribution in [0.1, 0.15) is 92.9 Å². The highest BCUT2D eigenvalue weighted by atomic mass is 17.3. The number of hydrogen-bond acceptors (Lipinski definition) is 9. The molecule has 2 spiro atoms. The van der Waals surface area contributed by atoms with Crippen LogP contribution < -0.4 is 0 Å². The number of hydrogen-bond donors (Lipinski definition) is 0. The van der Waals surface area contributed by atoms with Crippen LogP contribution in [0.15, 0.2) is 0 Å². The molecule has 0 aromatic heterocycles. The number of ether oxygens (including phenoxy) is 5. The van der Waals surface area contributed by atoms with E-state index in [9.17, 15) is 0 Å². The molecule has 10 fully saturated rings. The Balaban J connectivity index is 1.09. The van der Waals surface area contributed by atoms with Crippen LogP contribution >= 0.6 is 0 Å². The van der Waals surface area contributed by atoms with Gasteiger partial charge in [-0.05, 0) is 76.0 Å². The predicted molar refractivity (Wildman–Crippen MR) is 135 cm³/mol. The van der Waals surface area contributed by atoms with E-state index in [0.29, 0.717) is 23.7 Å². The fraction of sp³-hybridized carbons (Fsp3) is 1.00. The zero-order valence-electron chi connectivity index (χ0n) is 24.3. The number of fused-ring (bicyclic) bond motifs is 4. The molecular weight excluding hydrogens is 504 g/mol. The normalized spacial score (nSPS) is 63.5. The second kappa shape index (κ2) is 8.60. The summed E-state index contributed by atoms with van der Waals surface area (Å²) >= 11 is 0. The fourth-order valence-electron chi connectivity index (χ4n) is 10.2. The molecule has 0 aromatic rings. The second-order valence-corrected chi connectivity index (χ2v) is 14.7. The van der Waals surface area contributed by atoms with Crippen molar-refractivity contribution in [2.24, 2.45) is 47.3 Å². The third-order valence-electron chi connectivity index (χ3n) is 12.5. The average molecular weight is 551 g/mol. The van der Waals surface area contributed by atoms with Crippen LogP contribution in [0.2, 0.25) is 0 Å². The van der Waals surface area contributed by atoms with Crippen LogP contribution in [0, 0.1) is 47.3 Å². The smallest absolute Gasteiger partial charge is 0.201 e. The molecule has 39 heavy (non-hydrogen) atoms. The van der Waals surface area contributed by atoms with E-state index in [1.165, 1.54) is 0 Å². The first-order valence-corrected chi connectivity index (χ1v) is 15.6. The third-order valence-corrected chi connectivity index (χ3v) is 12.5. The van der Waals surface area contributed by atoms with Gasteiger partial charge < -0.3 is 23.7 Å². The van der Waals surface area contributed by atoms with Crippen LogP contribution in [0.3, 0.4) is 0 Å². The summed E-state index contributed by atoms with van der Waals surface area (Å²) in [5.41, 5.74) is -1.21. The second-order valence-electron chi connectivity index (χ2n) is 14.7. The topological polar surface area (TPSA) is 83.1 Å². The summed E-state index contributed by atoms with van der Waals surface area (Å²) in [7, 11) is 0. The van der Waals surface area contributed by atoms with E-state index in [-0.39, 0.29) is 23.7 Å². The van der Waals surface area contributed by atoms with Crippen molar-refractivity contribution in [3.05, 3.63) is 0 Å². The molecule has 9 heteroatoms. The highest BCUT2D eigenvalue weighted by Gasteiger charge is 2.72. The van der Waals surface area contributed by atoms with Gasteiger partial charge in [-0.2, -0.15) is 0 Å². The van der Waals surface area contributed by atoms with E-state index < -0.39 is 47.9 Å². The summed E-state index contributed by atoms with van der Waals surface area (Å²) in [5.74, 6) is 0.661. The minimum atomic E-state index is -0.808. The standard InChI is InChI=1S/C30H46O9/c1-15-7-9-21-17(3)23(32-25-29(21)19(15)11-13-27(5,34-25)36-38-29)31-24-18(4)22-10-8-16(2)20-12-14-28(6)35-26(33-24)30(20,22)39-37-28/h15-26H,7-14H2,1-6H3/t15-,16+,17-,18+,19+,20-,21?,22?,23-,24-,25-,26+,27+,28-,29-,30+/m1/s1. The Morgan fingerprint density at radius 1 is 0.538 bits per heavy atom. The highest BCUT2D eigenvalue weighted by Crippen LogP contribution is 2.63. The van der Waals surface area contributed by atoms with Crippen LogP contribution in [0.25, 0.3) is 0 Å². The summed E-state index contributed by atoms with van der Waals surface area (Å²) in [4.78, 5) is 24.6. The van der Waals surface area contributed by atoms with Crippen molar-refractivity contribution >= 4 is 0 Å². The Kier molecular flexibility index (Phi) is 5.80. The molecule has 2 aliphatic carbocycles. The van der Waals surface area contributed by atoms with Gasteiger partial charge in [0.15, 0.2) is 36.4 Å². The molecule has 0 N–H and O–H groups in total. The number of rotatable bonds is 2. The first-order valence-electron chi connectivity index (χ1n) is 15.6. The Morgan fingerprint density at radius 3 is 1.41 bits per heavy atom. The Labute approximate surface area is 231 Å². The lowest BCUT2D eigenvalue weighted by Gasteiger charge is -2.62. The quantitative estimate of drug-likeness (QED) is 0.419. The van der Waals surface area contributed by atoms with Crippen molar-refractivity contribution in [3.63, 3.8) is 0 Å². The third kappa shape index (κ3) is 3.45. The molecule has 10 rings (SSSR count). The lowest BCUT2D eigenvalue weighted by Crippen LogP contribution is -2.72. The molecule has 8 heterocycles. The van der Waals surface area contributed by atoms with E-state index in [0.717, 1.165) is 51.4 Å². The molecular formula is C30H46O9. The lowest BCUT2D eigenvalue weighted by molar-refractivity contribution is -0.590. The molecule has 220 valence electrons. The van der Waals surface area contributed by atoms with Gasteiger partial charge in [0, 0.05) is 36.5 Å². The van der Waals surface area contributed by atoms with Crippen molar-refractivity contribution in [1.82, 2.24) is 0 Å². The van der Waals surface area contributed by atoms with Crippen molar-refractivity contribution < 1.29 is 43.2 Å². The van der Waals surface area contributed by atoms with E-state index >= 15 is 0 Å². The lowest BCUT2D eigenvalue weighted by atomic mass is 9.58. The fourth-order valence-corrected chi connectivity index (χ4v) is 10.2. The van der Waals surface area contributed by atoms with Gasteiger partial charge in [-0.15, -0.1) is 0 Å². The van der Waals surface area contributed by atoms with E-state index in [1.807, 2.05) is 13.8 Å². The molecule has 4 bridgehead atoms. The van der Waals surface area contributed by atoms with Crippen molar-refractivity contribution in [3.8, 4) is 0 Å². The van der Waals surface area contributed by atoms with Crippen LogP contribution in [-0.4, -0.2) is 47.9 Å². The SMILES string of the molecule is C[C@@H]1CCC2[C@@H](C)[C@H](O[C@@H]3O[C@H]4O[C@@]5(C)CC[C@@H]6[C@@H](C)CCC([C@@H]3C)[C@]46OO5)O[C@@H]3O[C@]4(C)CC[C@@H]1[C@@]23OO4. The van der Waals surface area contributed by atoms with Gasteiger partial charge in [-0.1, -0.05) is 27.7 Å². The van der Waals surface area contributed by atoms with E-state index in [2.05, 4.69) is 27.7 Å². The van der Waals surface area contributed by atoms with Crippen LogP contribution in [-0.2, 0) is 43.2 Å². The Bertz CT molecular complexity index is 919. The van der Waals surface area contributed by atoms with Gasteiger partial charge >= 0.3 is 0 Å². The van der Waals surface area contributed by atoms with Gasteiger partial charge in [0.25, 0.3) is 0 Å². The van der Waals surface area contributed by atoms with E-state index in [1.54, 1.807) is 0 Å². The molecule has 16 atom stereocenters. The molecule has 9 nitrogen and oxygen atoms in total. The molecule has 0 radical (unpaired) electrons. The summed E-state index contributed by atoms with van der Waals surface area (Å²) in [5, 5.41) is 0. The summed E-state index contributed by atoms with van der Waals surface area (Å²) in [6.07, 6.45) is 5.95. The Morgan fingerprint density at radius 2 is 0.974 bits per heavy atom. The highest BCUT2D eigenvalue weighted by molar-refractivity contribution is 5.11. The molecule has 0 aromatic carbocycles. The molecule has 0 amide bonds. The minimum absolute atomic E-state index is 0.0836. The predicted octanol–water partition coefficient (Wildman–Crippen LogP) is 5.42. The van der Waals surface area contributed by atoms with Gasteiger partial charge in [-0.3, -0.25) is 0 Å². The summed E-state index contributed by atoms with van der Waals surface area (Å²) in [6.45, 7) is 13.0.